The molecule has 2 amide bonds. The molecule has 5 nitrogen and oxygen atoms in total. The number of nitrogens with one attached hydrogen (secondary N) is 2. The van der Waals surface area contributed by atoms with Crippen molar-refractivity contribution in [3.63, 3.8) is 0 Å². The SMILES string of the molecule is Cc1ccc(CNC(=O)Nc2ccc(Oc3ccccc3C#N)cc2)cc1. The van der Waals surface area contributed by atoms with Crippen LogP contribution in [-0.2, 0) is 6.54 Å². The molecule has 0 aliphatic rings. The maximum Gasteiger partial charge on any atom is 0.319 e. The molecule has 134 valence electrons. The van der Waals surface area contributed by atoms with Crippen molar-refractivity contribution in [3.8, 4) is 17.6 Å². The first-order valence-electron chi connectivity index (χ1n) is 8.51. The maximum atomic E-state index is 12.0. The molecule has 27 heavy (non-hydrogen) atoms. The van der Waals surface area contributed by atoms with Crippen LogP contribution in [0.2, 0.25) is 0 Å². The third-order valence-corrected chi connectivity index (χ3v) is 3.92. The van der Waals surface area contributed by atoms with Crippen molar-refractivity contribution < 1.29 is 9.53 Å². The van der Waals surface area contributed by atoms with E-state index in [0.717, 1.165) is 5.56 Å². The van der Waals surface area contributed by atoms with Crippen LogP contribution in [0.15, 0.2) is 72.8 Å². The molecule has 0 saturated heterocycles. The fraction of sp³-hybridized carbons (Fsp3) is 0.0909. The molecular weight excluding hydrogens is 338 g/mol. The maximum absolute atomic E-state index is 12.0. The number of aryl methyl sites for hydroxylation is 1. The van der Waals surface area contributed by atoms with Gasteiger partial charge in [0.05, 0.1) is 5.56 Å². The Hall–Kier alpha value is -3.78. The molecule has 2 N–H and O–H groups in total. The standard InChI is InChI=1S/C22H19N3O2/c1-16-6-8-17(9-7-16)15-24-22(26)25-19-10-12-20(13-11-19)27-21-5-3-2-4-18(21)14-23/h2-13H,15H2,1H3,(H2,24,25,26). The lowest BCUT2D eigenvalue weighted by molar-refractivity contribution is 0.251. The zero-order valence-corrected chi connectivity index (χ0v) is 14.9. The third-order valence-electron chi connectivity index (χ3n) is 3.92. The first kappa shape index (κ1) is 18.0. The normalized spacial score (nSPS) is 9.93. The van der Waals surface area contributed by atoms with Crippen LogP contribution in [0.25, 0.3) is 0 Å². The molecule has 0 aliphatic carbocycles. The van der Waals surface area contributed by atoms with Gasteiger partial charge in [-0.3, -0.25) is 0 Å². The second-order valence-corrected chi connectivity index (χ2v) is 6.03. The Morgan fingerprint density at radius 1 is 1.00 bits per heavy atom. The number of rotatable bonds is 5. The van der Waals surface area contributed by atoms with Crippen LogP contribution in [-0.4, -0.2) is 6.03 Å². The molecule has 3 rings (SSSR count). The number of amides is 2. The number of carbonyl (C=O) groups is 1. The van der Waals surface area contributed by atoms with Crippen molar-refractivity contribution in [2.45, 2.75) is 13.5 Å². The second-order valence-electron chi connectivity index (χ2n) is 6.03. The largest absolute Gasteiger partial charge is 0.456 e. The summed E-state index contributed by atoms with van der Waals surface area (Å²) in [7, 11) is 0. The Labute approximate surface area is 158 Å². The first-order valence-corrected chi connectivity index (χ1v) is 8.51. The van der Waals surface area contributed by atoms with E-state index < -0.39 is 0 Å². The highest BCUT2D eigenvalue weighted by atomic mass is 16.5. The van der Waals surface area contributed by atoms with Gasteiger partial charge in [-0.15, -0.1) is 0 Å². The Balaban J connectivity index is 1.55. The van der Waals surface area contributed by atoms with Crippen molar-refractivity contribution in [1.29, 1.82) is 5.26 Å². The molecule has 0 fully saturated rings. The summed E-state index contributed by atoms with van der Waals surface area (Å²) in [6, 6.07) is 23.8. The summed E-state index contributed by atoms with van der Waals surface area (Å²) in [5.41, 5.74) is 3.34. The number of para-hydroxylation sites is 1. The van der Waals surface area contributed by atoms with E-state index in [0.29, 0.717) is 29.3 Å². The van der Waals surface area contributed by atoms with E-state index in [-0.39, 0.29) is 6.03 Å². The monoisotopic (exact) mass is 357 g/mol. The molecule has 3 aromatic rings. The minimum Gasteiger partial charge on any atom is -0.456 e. The van der Waals surface area contributed by atoms with Gasteiger partial charge >= 0.3 is 6.03 Å². The lowest BCUT2D eigenvalue weighted by Gasteiger charge is -2.10. The number of urea groups is 1. The molecule has 0 aliphatic heterocycles. The van der Waals surface area contributed by atoms with Crippen LogP contribution in [0, 0.1) is 18.3 Å². The number of nitriles is 1. The topological polar surface area (TPSA) is 74.2 Å². The van der Waals surface area contributed by atoms with Gasteiger partial charge in [0.2, 0.25) is 0 Å². The van der Waals surface area contributed by atoms with Gasteiger partial charge in [-0.25, -0.2) is 4.79 Å². The zero-order valence-electron chi connectivity index (χ0n) is 14.9. The van der Waals surface area contributed by atoms with Crippen LogP contribution in [0.3, 0.4) is 0 Å². The Bertz CT molecular complexity index is 958. The van der Waals surface area contributed by atoms with Crippen LogP contribution in [0.5, 0.6) is 11.5 Å². The molecule has 0 atom stereocenters. The lowest BCUT2D eigenvalue weighted by atomic mass is 10.1. The van der Waals surface area contributed by atoms with Crippen LogP contribution >= 0.6 is 0 Å². The van der Waals surface area contributed by atoms with Crippen molar-refractivity contribution >= 4 is 11.7 Å². The molecule has 0 spiro atoms. The number of hydrogen-bond acceptors (Lipinski definition) is 3. The van der Waals surface area contributed by atoms with Crippen LogP contribution in [0.4, 0.5) is 10.5 Å². The third kappa shape index (κ3) is 5.10. The minimum absolute atomic E-state index is 0.279. The summed E-state index contributed by atoms with van der Waals surface area (Å²) in [6.45, 7) is 2.48. The van der Waals surface area contributed by atoms with Crippen LogP contribution < -0.4 is 15.4 Å². The van der Waals surface area contributed by atoms with E-state index in [1.807, 2.05) is 37.3 Å². The van der Waals surface area contributed by atoms with Gasteiger partial charge in [-0.2, -0.15) is 5.26 Å². The van der Waals surface area contributed by atoms with Crippen molar-refractivity contribution in [1.82, 2.24) is 5.32 Å². The molecule has 5 heteroatoms. The molecule has 0 aromatic heterocycles. The van der Waals surface area contributed by atoms with E-state index in [2.05, 4.69) is 16.7 Å². The van der Waals surface area contributed by atoms with Crippen molar-refractivity contribution in [3.05, 3.63) is 89.5 Å². The number of anilines is 1. The van der Waals surface area contributed by atoms with Crippen LogP contribution in [0.1, 0.15) is 16.7 Å². The molecule has 0 heterocycles. The molecule has 0 unspecified atom stereocenters. The van der Waals surface area contributed by atoms with E-state index >= 15 is 0 Å². The Morgan fingerprint density at radius 2 is 1.70 bits per heavy atom. The van der Waals surface area contributed by atoms with Gasteiger partial charge < -0.3 is 15.4 Å². The van der Waals surface area contributed by atoms with E-state index in [1.165, 1.54) is 5.56 Å². The summed E-state index contributed by atoms with van der Waals surface area (Å²) in [5, 5.41) is 14.7. The smallest absolute Gasteiger partial charge is 0.319 e. The summed E-state index contributed by atoms with van der Waals surface area (Å²) >= 11 is 0. The number of hydrogen-bond donors (Lipinski definition) is 2. The number of nitrogens with zero attached hydrogens (tertiary/aromatic N) is 1. The first-order chi connectivity index (χ1) is 13.1. The van der Waals surface area contributed by atoms with Gasteiger partial charge in [0, 0.05) is 12.2 Å². The summed E-state index contributed by atoms with van der Waals surface area (Å²) < 4.78 is 5.72. The second kappa shape index (κ2) is 8.54. The van der Waals surface area contributed by atoms with E-state index in [1.54, 1.807) is 42.5 Å². The quantitative estimate of drug-likeness (QED) is 0.676. The fourth-order valence-corrected chi connectivity index (χ4v) is 2.44. The highest BCUT2D eigenvalue weighted by molar-refractivity contribution is 5.89. The fourth-order valence-electron chi connectivity index (χ4n) is 2.44. The number of ether oxygens (including phenoxy) is 1. The highest BCUT2D eigenvalue weighted by Crippen LogP contribution is 2.25. The van der Waals surface area contributed by atoms with E-state index in [4.69, 9.17) is 10.00 Å². The molecule has 0 saturated carbocycles. The summed E-state index contributed by atoms with van der Waals surface area (Å²) in [4.78, 5) is 12.0. The van der Waals surface area contributed by atoms with Gasteiger partial charge in [0.15, 0.2) is 0 Å². The Kier molecular flexibility index (Phi) is 5.70. The average Bonchev–Trinajstić information content (AvgIpc) is 2.69. The molecule has 3 aromatic carbocycles. The van der Waals surface area contributed by atoms with Crippen molar-refractivity contribution in [2.75, 3.05) is 5.32 Å². The predicted molar refractivity (Wildman–Crippen MR) is 105 cm³/mol. The van der Waals surface area contributed by atoms with Gasteiger partial charge in [-0.05, 0) is 48.9 Å². The number of carbonyl (C=O) groups excluding carboxylic acids is 1. The van der Waals surface area contributed by atoms with Crippen molar-refractivity contribution in [2.24, 2.45) is 0 Å². The predicted octanol–water partition coefficient (Wildman–Crippen LogP) is 4.98. The summed E-state index contributed by atoms with van der Waals surface area (Å²) in [6.07, 6.45) is 0. The lowest BCUT2D eigenvalue weighted by Crippen LogP contribution is -2.28. The van der Waals surface area contributed by atoms with E-state index in [9.17, 15) is 4.79 Å². The number of benzene rings is 3. The zero-order chi connectivity index (χ0) is 19.1. The van der Waals surface area contributed by atoms with Gasteiger partial charge in [0.25, 0.3) is 0 Å². The summed E-state index contributed by atoms with van der Waals surface area (Å²) in [5.74, 6) is 1.08. The molecule has 0 radical (unpaired) electrons. The average molecular weight is 357 g/mol. The van der Waals surface area contributed by atoms with Gasteiger partial charge in [-0.1, -0.05) is 42.0 Å². The minimum atomic E-state index is -0.279. The Morgan fingerprint density at radius 3 is 2.41 bits per heavy atom. The highest BCUT2D eigenvalue weighted by Gasteiger charge is 2.05. The molecular formula is C22H19N3O2. The van der Waals surface area contributed by atoms with Gasteiger partial charge in [0.1, 0.15) is 17.6 Å². The molecule has 0 bridgehead atoms.